The molecule has 0 radical (unpaired) electrons. The van der Waals surface area contributed by atoms with Crippen molar-refractivity contribution in [1.82, 2.24) is 10.2 Å². The fourth-order valence-electron chi connectivity index (χ4n) is 4.11. The first kappa shape index (κ1) is 23.8. The molecule has 5 nitrogen and oxygen atoms in total. The van der Waals surface area contributed by atoms with Gasteiger partial charge >= 0.3 is 6.09 Å². The third-order valence-electron chi connectivity index (χ3n) is 5.97. The number of piperidine rings is 1. The molecule has 0 spiro atoms. The van der Waals surface area contributed by atoms with Gasteiger partial charge in [-0.15, -0.1) is 0 Å². The van der Waals surface area contributed by atoms with Crippen LogP contribution >= 0.6 is 0 Å². The van der Waals surface area contributed by atoms with Gasteiger partial charge < -0.3 is 15.0 Å². The van der Waals surface area contributed by atoms with Crippen LogP contribution in [0.3, 0.4) is 0 Å². The second kappa shape index (κ2) is 10.7. The molecule has 0 aliphatic carbocycles. The average molecular weight is 437 g/mol. The van der Waals surface area contributed by atoms with Crippen molar-refractivity contribution in [1.29, 1.82) is 0 Å². The molecule has 2 aromatic carbocycles. The van der Waals surface area contributed by atoms with Gasteiger partial charge in [0.1, 0.15) is 5.60 Å². The minimum Gasteiger partial charge on any atom is -0.444 e. The number of nitrogens with one attached hydrogen (secondary N) is 1. The summed E-state index contributed by atoms with van der Waals surface area (Å²) in [6, 6.07) is 17.9. The maximum atomic E-state index is 13.0. The quantitative estimate of drug-likeness (QED) is 0.626. The predicted molar refractivity (Wildman–Crippen MR) is 128 cm³/mol. The summed E-state index contributed by atoms with van der Waals surface area (Å²) < 4.78 is 5.51. The van der Waals surface area contributed by atoms with Crippen molar-refractivity contribution in [2.24, 2.45) is 5.92 Å². The van der Waals surface area contributed by atoms with Crippen molar-refractivity contribution in [3.8, 4) is 0 Å². The van der Waals surface area contributed by atoms with Crippen LogP contribution in [0.1, 0.15) is 74.5 Å². The highest BCUT2D eigenvalue weighted by Gasteiger charge is 2.29. The van der Waals surface area contributed by atoms with Crippen molar-refractivity contribution in [3.05, 3.63) is 71.3 Å². The van der Waals surface area contributed by atoms with Crippen LogP contribution in [0.15, 0.2) is 54.6 Å². The molecule has 0 aromatic heterocycles. The zero-order valence-corrected chi connectivity index (χ0v) is 19.8. The molecule has 2 aromatic rings. The van der Waals surface area contributed by atoms with Crippen molar-refractivity contribution in [2.75, 3.05) is 13.1 Å². The third kappa shape index (κ3) is 6.84. The minimum atomic E-state index is -0.480. The number of hydrogen-bond acceptors (Lipinski definition) is 3. The van der Waals surface area contributed by atoms with E-state index in [9.17, 15) is 9.59 Å². The average Bonchev–Trinajstić information content (AvgIpc) is 2.78. The van der Waals surface area contributed by atoms with Crippen LogP contribution in [0, 0.1) is 5.92 Å². The van der Waals surface area contributed by atoms with E-state index in [4.69, 9.17) is 4.74 Å². The summed E-state index contributed by atoms with van der Waals surface area (Å²) in [5, 5.41) is 3.26. The SMILES string of the molecule is CCc1ccc(C(=O)NC(CC2CCN(C(=O)OC(C)(C)C)CC2)c2ccccc2)cc1. The standard InChI is InChI=1S/C27H36N2O3/c1-5-20-11-13-23(14-12-20)25(30)28-24(22-9-7-6-8-10-22)19-21-15-17-29(18-16-21)26(31)32-27(2,3)4/h6-14,21,24H,5,15-19H2,1-4H3,(H,28,30). The lowest BCUT2D eigenvalue weighted by Crippen LogP contribution is -2.42. The molecule has 1 saturated heterocycles. The summed E-state index contributed by atoms with van der Waals surface area (Å²) in [6.07, 6.45) is 3.38. The maximum Gasteiger partial charge on any atom is 0.410 e. The largest absolute Gasteiger partial charge is 0.444 e. The van der Waals surface area contributed by atoms with Crippen molar-refractivity contribution in [2.45, 2.75) is 65.0 Å². The van der Waals surface area contributed by atoms with E-state index in [1.165, 1.54) is 5.56 Å². The monoisotopic (exact) mass is 436 g/mol. The highest BCUT2D eigenvalue weighted by molar-refractivity contribution is 5.94. The van der Waals surface area contributed by atoms with E-state index >= 15 is 0 Å². The van der Waals surface area contributed by atoms with E-state index in [2.05, 4.69) is 24.4 Å². The normalized spacial score (nSPS) is 15.8. The van der Waals surface area contributed by atoms with Gasteiger partial charge in [0.2, 0.25) is 0 Å². The van der Waals surface area contributed by atoms with Crippen LogP contribution in [0.2, 0.25) is 0 Å². The van der Waals surface area contributed by atoms with E-state index in [0.717, 1.165) is 31.2 Å². The third-order valence-corrected chi connectivity index (χ3v) is 5.97. The van der Waals surface area contributed by atoms with Gasteiger partial charge in [0.05, 0.1) is 6.04 Å². The van der Waals surface area contributed by atoms with Crippen molar-refractivity contribution in [3.63, 3.8) is 0 Å². The van der Waals surface area contributed by atoms with E-state index < -0.39 is 5.60 Å². The molecule has 1 unspecified atom stereocenters. The van der Waals surface area contributed by atoms with E-state index in [0.29, 0.717) is 24.6 Å². The molecule has 32 heavy (non-hydrogen) atoms. The van der Waals surface area contributed by atoms with Gasteiger partial charge in [-0.1, -0.05) is 49.4 Å². The van der Waals surface area contributed by atoms with Gasteiger partial charge in [-0.25, -0.2) is 4.79 Å². The first-order valence-electron chi connectivity index (χ1n) is 11.7. The molecule has 172 valence electrons. The molecule has 0 bridgehead atoms. The number of nitrogens with zero attached hydrogens (tertiary/aromatic N) is 1. The number of carbonyl (C=O) groups excluding carboxylic acids is 2. The minimum absolute atomic E-state index is 0.0484. The number of amides is 2. The molecule has 3 rings (SSSR count). The second-order valence-corrected chi connectivity index (χ2v) is 9.63. The molecule has 1 aliphatic rings. The first-order valence-corrected chi connectivity index (χ1v) is 11.7. The van der Waals surface area contributed by atoms with Gasteiger partial charge in [-0.3, -0.25) is 4.79 Å². The summed E-state index contributed by atoms with van der Waals surface area (Å²) in [4.78, 5) is 27.1. The fraction of sp³-hybridized carbons (Fsp3) is 0.481. The Morgan fingerprint density at radius 2 is 1.66 bits per heavy atom. The number of carbonyl (C=O) groups is 2. The number of likely N-dealkylation sites (tertiary alicyclic amines) is 1. The Bertz CT molecular complexity index is 879. The molecule has 1 aliphatic heterocycles. The highest BCUT2D eigenvalue weighted by Crippen LogP contribution is 2.29. The topological polar surface area (TPSA) is 58.6 Å². The Kier molecular flexibility index (Phi) is 7.94. The number of benzene rings is 2. The summed E-state index contributed by atoms with van der Waals surface area (Å²) >= 11 is 0. The van der Waals surface area contributed by atoms with Gasteiger partial charge in [0, 0.05) is 18.7 Å². The van der Waals surface area contributed by atoms with Gasteiger partial charge in [0.25, 0.3) is 5.91 Å². The number of hydrogen-bond donors (Lipinski definition) is 1. The molecule has 1 N–H and O–H groups in total. The van der Waals surface area contributed by atoms with Gasteiger partial charge in [0.15, 0.2) is 0 Å². The Morgan fingerprint density at radius 1 is 1.03 bits per heavy atom. The zero-order valence-electron chi connectivity index (χ0n) is 19.8. The summed E-state index contributed by atoms with van der Waals surface area (Å²) in [6.45, 7) is 9.15. The lowest BCUT2D eigenvalue weighted by atomic mass is 9.87. The van der Waals surface area contributed by atoms with Gasteiger partial charge in [-0.2, -0.15) is 0 Å². The Hall–Kier alpha value is -2.82. The van der Waals surface area contributed by atoms with E-state index in [1.54, 1.807) is 4.90 Å². The summed E-state index contributed by atoms with van der Waals surface area (Å²) in [5.74, 6) is 0.384. The molecular weight excluding hydrogens is 400 g/mol. The van der Waals surface area contributed by atoms with Crippen molar-refractivity contribution < 1.29 is 14.3 Å². The molecule has 2 amide bonds. The van der Waals surface area contributed by atoms with Crippen LogP contribution in [0.25, 0.3) is 0 Å². The second-order valence-electron chi connectivity index (χ2n) is 9.63. The molecule has 1 fully saturated rings. The Morgan fingerprint density at radius 3 is 2.22 bits per heavy atom. The van der Waals surface area contributed by atoms with Crippen LogP contribution in [-0.4, -0.2) is 35.6 Å². The fourth-order valence-corrected chi connectivity index (χ4v) is 4.11. The number of rotatable bonds is 6. The summed E-state index contributed by atoms with van der Waals surface area (Å²) in [7, 11) is 0. The number of ether oxygens (including phenoxy) is 1. The summed E-state index contributed by atoms with van der Waals surface area (Å²) in [5.41, 5.74) is 2.53. The van der Waals surface area contributed by atoms with E-state index in [1.807, 2.05) is 63.2 Å². The molecular formula is C27H36N2O3. The van der Waals surface area contributed by atoms with Crippen LogP contribution in [0.5, 0.6) is 0 Å². The highest BCUT2D eigenvalue weighted by atomic mass is 16.6. The van der Waals surface area contributed by atoms with Crippen molar-refractivity contribution >= 4 is 12.0 Å². The zero-order chi connectivity index (χ0) is 23.1. The lowest BCUT2D eigenvalue weighted by Gasteiger charge is -2.35. The molecule has 1 atom stereocenters. The van der Waals surface area contributed by atoms with Crippen LogP contribution in [-0.2, 0) is 11.2 Å². The Labute approximate surface area is 192 Å². The molecule has 0 saturated carbocycles. The first-order chi connectivity index (χ1) is 15.2. The molecule has 1 heterocycles. The smallest absolute Gasteiger partial charge is 0.410 e. The van der Waals surface area contributed by atoms with Gasteiger partial charge in [-0.05, 0) is 75.6 Å². The lowest BCUT2D eigenvalue weighted by molar-refractivity contribution is 0.0178. The number of aryl methyl sites for hydroxylation is 1. The predicted octanol–water partition coefficient (Wildman–Crippen LogP) is 5.76. The van der Waals surface area contributed by atoms with Crippen LogP contribution in [0.4, 0.5) is 4.79 Å². The molecule has 5 heteroatoms. The maximum absolute atomic E-state index is 13.0. The van der Waals surface area contributed by atoms with Crippen LogP contribution < -0.4 is 5.32 Å². The van der Waals surface area contributed by atoms with E-state index in [-0.39, 0.29) is 18.0 Å². The Balaban J connectivity index is 1.63.